The van der Waals surface area contributed by atoms with Crippen LogP contribution in [-0.4, -0.2) is 72.3 Å². The lowest BCUT2D eigenvalue weighted by Crippen LogP contribution is -2.54. The fourth-order valence-electron chi connectivity index (χ4n) is 6.10. The molecule has 0 spiro atoms. The predicted octanol–water partition coefficient (Wildman–Crippen LogP) is 2.76. The van der Waals surface area contributed by atoms with Gasteiger partial charge in [0.25, 0.3) is 0 Å². The summed E-state index contributed by atoms with van der Waals surface area (Å²) in [6.45, 7) is 10.5. The van der Waals surface area contributed by atoms with E-state index in [0.29, 0.717) is 35.8 Å². The van der Waals surface area contributed by atoms with Gasteiger partial charge in [-0.3, -0.25) is 0 Å². The molecule has 0 bridgehead atoms. The van der Waals surface area contributed by atoms with Gasteiger partial charge in [0.1, 0.15) is 0 Å². The monoisotopic (exact) mass is 487 g/mol. The van der Waals surface area contributed by atoms with Crippen LogP contribution in [0.1, 0.15) is 78.1 Å². The lowest BCUT2D eigenvalue weighted by Gasteiger charge is -2.36. The Labute approximate surface area is 212 Å². The van der Waals surface area contributed by atoms with E-state index in [1.54, 1.807) is 0 Å². The van der Waals surface area contributed by atoms with Gasteiger partial charge in [-0.15, -0.1) is 0 Å². The van der Waals surface area contributed by atoms with Crippen molar-refractivity contribution in [2.45, 2.75) is 96.2 Å². The van der Waals surface area contributed by atoms with Crippen molar-refractivity contribution in [1.29, 1.82) is 0 Å². The van der Waals surface area contributed by atoms with Gasteiger partial charge < -0.3 is 31.9 Å². The van der Waals surface area contributed by atoms with Crippen LogP contribution in [0.4, 0.5) is 17.8 Å². The highest BCUT2D eigenvalue weighted by Crippen LogP contribution is 2.28. The minimum Gasteiger partial charge on any atom is -0.368 e. The Morgan fingerprint density at radius 2 is 1.54 bits per heavy atom. The molecule has 0 aromatic carbocycles. The number of anilines is 3. The van der Waals surface area contributed by atoms with Crippen molar-refractivity contribution >= 4 is 17.8 Å². The summed E-state index contributed by atoms with van der Waals surface area (Å²) < 4.78 is 0. The first kappa shape index (κ1) is 26.4. The Bertz CT molecular complexity index is 736. The summed E-state index contributed by atoms with van der Waals surface area (Å²) in [6.07, 6.45) is 13.4. The standard InChI is InChI=1S/C26H49N9/c1-19-17-35(18-20(2)31-19)26-33-24(27)32-25(34-26)30-16-22-11-9-21(10-12-22)15-28-13-6-14-29-23-7-4-3-5-8-23/h19-23,28-29,31H,3-18H2,1-2H3,(H3,27,30,32,33,34). The topological polar surface area (TPSA) is 116 Å². The summed E-state index contributed by atoms with van der Waals surface area (Å²) in [4.78, 5) is 15.6. The van der Waals surface area contributed by atoms with Crippen molar-refractivity contribution in [1.82, 2.24) is 30.9 Å². The zero-order valence-electron chi connectivity index (χ0n) is 22.1. The average Bonchev–Trinajstić information content (AvgIpc) is 2.85. The first-order valence-corrected chi connectivity index (χ1v) is 14.3. The van der Waals surface area contributed by atoms with Gasteiger partial charge >= 0.3 is 0 Å². The van der Waals surface area contributed by atoms with Crippen molar-refractivity contribution in [3.63, 3.8) is 0 Å². The normalized spacial score (nSPS) is 28.2. The molecule has 2 atom stereocenters. The van der Waals surface area contributed by atoms with Crippen molar-refractivity contribution in [2.24, 2.45) is 11.8 Å². The third-order valence-corrected chi connectivity index (χ3v) is 8.00. The maximum Gasteiger partial charge on any atom is 0.232 e. The summed E-state index contributed by atoms with van der Waals surface area (Å²) >= 11 is 0. The van der Waals surface area contributed by atoms with E-state index in [1.807, 2.05) is 0 Å². The first-order valence-electron chi connectivity index (χ1n) is 14.3. The zero-order chi connectivity index (χ0) is 24.5. The molecule has 198 valence electrons. The molecule has 35 heavy (non-hydrogen) atoms. The van der Waals surface area contributed by atoms with E-state index >= 15 is 0 Å². The number of hydrogen-bond acceptors (Lipinski definition) is 9. The van der Waals surface area contributed by atoms with Crippen molar-refractivity contribution in [2.75, 3.05) is 55.2 Å². The Balaban J connectivity index is 1.10. The minimum absolute atomic E-state index is 0.292. The Kier molecular flexibility index (Phi) is 10.2. The molecular formula is C26H49N9. The Morgan fingerprint density at radius 1 is 0.857 bits per heavy atom. The molecule has 1 aromatic rings. The Morgan fingerprint density at radius 3 is 2.26 bits per heavy atom. The van der Waals surface area contributed by atoms with Gasteiger partial charge in [-0.1, -0.05) is 19.3 Å². The second-order valence-corrected chi connectivity index (χ2v) is 11.3. The second kappa shape index (κ2) is 13.6. The van der Waals surface area contributed by atoms with E-state index < -0.39 is 0 Å². The fraction of sp³-hybridized carbons (Fsp3) is 0.885. The van der Waals surface area contributed by atoms with E-state index in [-0.39, 0.29) is 0 Å². The van der Waals surface area contributed by atoms with Crippen molar-refractivity contribution in [3.8, 4) is 0 Å². The summed E-state index contributed by atoms with van der Waals surface area (Å²) in [7, 11) is 0. The third kappa shape index (κ3) is 8.72. The molecule has 4 rings (SSSR count). The first-order chi connectivity index (χ1) is 17.0. The molecule has 0 amide bonds. The van der Waals surface area contributed by atoms with E-state index in [4.69, 9.17) is 5.73 Å². The molecular weight excluding hydrogens is 438 g/mol. The number of nitrogens with one attached hydrogen (secondary N) is 4. The third-order valence-electron chi connectivity index (χ3n) is 8.00. The van der Waals surface area contributed by atoms with Crippen LogP contribution in [-0.2, 0) is 0 Å². The van der Waals surface area contributed by atoms with Crippen LogP contribution in [0.5, 0.6) is 0 Å². The highest BCUT2D eigenvalue weighted by molar-refractivity contribution is 5.42. The molecule has 1 aromatic heterocycles. The van der Waals surface area contributed by atoms with Crippen LogP contribution in [0.2, 0.25) is 0 Å². The lowest BCUT2D eigenvalue weighted by molar-refractivity contribution is 0.275. The van der Waals surface area contributed by atoms with Crippen LogP contribution in [0.25, 0.3) is 0 Å². The molecule has 3 aliphatic rings. The smallest absolute Gasteiger partial charge is 0.232 e. The van der Waals surface area contributed by atoms with Crippen LogP contribution < -0.4 is 31.9 Å². The van der Waals surface area contributed by atoms with E-state index in [9.17, 15) is 0 Å². The molecule has 9 nitrogen and oxygen atoms in total. The van der Waals surface area contributed by atoms with Gasteiger partial charge in [0.15, 0.2) is 0 Å². The fourth-order valence-corrected chi connectivity index (χ4v) is 6.10. The number of hydrogen-bond donors (Lipinski definition) is 5. The SMILES string of the molecule is CC1CN(c2nc(N)nc(NCC3CCC(CNCCCNC4CCCCC4)CC3)n2)CC(C)N1. The highest BCUT2D eigenvalue weighted by Gasteiger charge is 2.24. The summed E-state index contributed by atoms with van der Waals surface area (Å²) in [5, 5.41) is 14.5. The predicted molar refractivity (Wildman–Crippen MR) is 145 cm³/mol. The van der Waals surface area contributed by atoms with Gasteiger partial charge in [0, 0.05) is 37.8 Å². The van der Waals surface area contributed by atoms with Crippen LogP contribution in [0.3, 0.4) is 0 Å². The number of nitrogens with two attached hydrogens (primary N) is 1. The van der Waals surface area contributed by atoms with E-state index in [1.165, 1.54) is 70.8 Å². The number of aromatic nitrogens is 3. The molecule has 2 heterocycles. The maximum absolute atomic E-state index is 6.02. The molecule has 1 aliphatic heterocycles. The van der Waals surface area contributed by atoms with Gasteiger partial charge in [-0.25, -0.2) is 0 Å². The van der Waals surface area contributed by atoms with E-state index in [2.05, 4.69) is 55.0 Å². The van der Waals surface area contributed by atoms with Crippen molar-refractivity contribution < 1.29 is 0 Å². The average molecular weight is 488 g/mol. The zero-order valence-corrected chi connectivity index (χ0v) is 22.1. The minimum atomic E-state index is 0.292. The molecule has 2 saturated carbocycles. The summed E-state index contributed by atoms with van der Waals surface area (Å²) in [5.74, 6) is 3.07. The molecule has 6 N–H and O–H groups in total. The molecule has 2 unspecified atom stereocenters. The van der Waals surface area contributed by atoms with Crippen LogP contribution >= 0.6 is 0 Å². The van der Waals surface area contributed by atoms with Crippen molar-refractivity contribution in [3.05, 3.63) is 0 Å². The molecule has 2 aliphatic carbocycles. The largest absolute Gasteiger partial charge is 0.368 e. The van der Waals surface area contributed by atoms with Gasteiger partial charge in [0.2, 0.25) is 17.8 Å². The van der Waals surface area contributed by atoms with Crippen LogP contribution in [0.15, 0.2) is 0 Å². The summed E-state index contributed by atoms with van der Waals surface area (Å²) in [5.41, 5.74) is 6.02. The highest BCUT2D eigenvalue weighted by atomic mass is 15.3. The van der Waals surface area contributed by atoms with Crippen LogP contribution in [0, 0.1) is 11.8 Å². The van der Waals surface area contributed by atoms with Gasteiger partial charge in [-0.2, -0.15) is 15.0 Å². The molecule has 3 fully saturated rings. The lowest BCUT2D eigenvalue weighted by atomic mass is 9.82. The molecule has 1 saturated heterocycles. The summed E-state index contributed by atoms with van der Waals surface area (Å²) in [6, 6.07) is 1.58. The Hall–Kier alpha value is -1.71. The second-order valence-electron chi connectivity index (χ2n) is 11.3. The van der Waals surface area contributed by atoms with Gasteiger partial charge in [-0.05, 0) is 90.3 Å². The number of nitrogens with zero attached hydrogens (tertiary/aromatic N) is 4. The quantitative estimate of drug-likeness (QED) is 0.300. The van der Waals surface area contributed by atoms with E-state index in [0.717, 1.165) is 44.7 Å². The number of nitrogen functional groups attached to an aromatic ring is 1. The number of rotatable bonds is 11. The molecule has 9 heteroatoms. The number of piperazine rings is 1. The molecule has 0 radical (unpaired) electrons. The maximum atomic E-state index is 6.02. The van der Waals surface area contributed by atoms with Gasteiger partial charge in [0.05, 0.1) is 0 Å².